The Morgan fingerprint density at radius 3 is 2.47 bits per heavy atom. The minimum absolute atomic E-state index is 0.0249. The summed E-state index contributed by atoms with van der Waals surface area (Å²) in [6, 6.07) is 0. The molecule has 0 amide bonds. The molecule has 1 unspecified atom stereocenters. The van der Waals surface area contributed by atoms with Gasteiger partial charge in [0.2, 0.25) is 0 Å². The number of carbonyl (C=O) groups is 1. The van der Waals surface area contributed by atoms with Crippen LogP contribution in [0.2, 0.25) is 0 Å². The van der Waals surface area contributed by atoms with Crippen molar-refractivity contribution < 1.29 is 24.5 Å². The average molecular weight is 447 g/mol. The van der Waals surface area contributed by atoms with Crippen molar-refractivity contribution in [3.63, 3.8) is 0 Å². The molecule has 6 rings (SSSR count). The second-order valence-electron chi connectivity index (χ2n) is 13.1. The molecule has 4 saturated carbocycles. The molecule has 0 radical (unpaired) electrons. The van der Waals surface area contributed by atoms with Gasteiger partial charge < -0.3 is 19.7 Å². The van der Waals surface area contributed by atoms with Crippen LogP contribution in [0.15, 0.2) is 0 Å². The Morgan fingerprint density at radius 2 is 1.75 bits per heavy atom. The van der Waals surface area contributed by atoms with Crippen LogP contribution in [0.4, 0.5) is 0 Å². The molecule has 0 aromatic carbocycles. The molecule has 6 fully saturated rings. The fourth-order valence-corrected chi connectivity index (χ4v) is 10.1. The number of hydrogen-bond donors (Lipinski definition) is 2. The maximum atomic E-state index is 12.3. The Morgan fingerprint density at radius 1 is 0.969 bits per heavy atom. The van der Waals surface area contributed by atoms with Crippen LogP contribution in [0.25, 0.3) is 0 Å². The fraction of sp³-hybridized carbons (Fsp3) is 0.963. The van der Waals surface area contributed by atoms with Crippen molar-refractivity contribution in [3.8, 4) is 0 Å². The van der Waals surface area contributed by atoms with Crippen LogP contribution in [0.1, 0.15) is 79.1 Å². The number of aliphatic hydroxyl groups excluding tert-OH is 2. The molecule has 2 N–H and O–H groups in total. The Hall–Kier alpha value is -0.490. The van der Waals surface area contributed by atoms with Crippen LogP contribution in [-0.2, 0) is 14.3 Å². The largest absolute Gasteiger partial charge is 0.393 e. The zero-order valence-electron chi connectivity index (χ0n) is 20.3. The van der Waals surface area contributed by atoms with Crippen LogP contribution < -0.4 is 0 Å². The molecule has 2 heterocycles. The first-order valence-corrected chi connectivity index (χ1v) is 13.3. The van der Waals surface area contributed by atoms with Crippen molar-refractivity contribution >= 4 is 5.78 Å². The molecule has 1 spiro atoms. The second kappa shape index (κ2) is 7.02. The molecule has 0 aromatic rings. The molecule has 180 valence electrons. The van der Waals surface area contributed by atoms with E-state index in [0.29, 0.717) is 41.9 Å². The smallest absolute Gasteiger partial charge is 0.171 e. The normalized spacial score (nSPS) is 61.8. The molecule has 4 aliphatic carbocycles. The third-order valence-corrected chi connectivity index (χ3v) is 11.9. The van der Waals surface area contributed by atoms with E-state index in [4.69, 9.17) is 9.47 Å². The summed E-state index contributed by atoms with van der Waals surface area (Å²) in [5.41, 5.74) is -0.194. The van der Waals surface area contributed by atoms with Gasteiger partial charge in [-0.3, -0.25) is 4.79 Å². The Kier molecular flexibility index (Phi) is 4.83. The van der Waals surface area contributed by atoms with Gasteiger partial charge in [-0.05, 0) is 73.5 Å². The van der Waals surface area contributed by atoms with E-state index in [0.717, 1.165) is 51.6 Å². The third-order valence-electron chi connectivity index (χ3n) is 11.9. The molecule has 2 aliphatic heterocycles. The molecule has 0 aromatic heterocycles. The lowest BCUT2D eigenvalue weighted by Crippen LogP contribution is -2.61. The number of carbonyl (C=O) groups excluding carboxylic acids is 1. The van der Waals surface area contributed by atoms with Crippen molar-refractivity contribution in [1.29, 1.82) is 0 Å². The average Bonchev–Trinajstić information content (AvgIpc) is 3.20. The first-order valence-electron chi connectivity index (χ1n) is 13.3. The molecule has 6 aliphatic rings. The van der Waals surface area contributed by atoms with Gasteiger partial charge >= 0.3 is 0 Å². The predicted octanol–water partition coefficient (Wildman–Crippen LogP) is 3.94. The van der Waals surface area contributed by atoms with Gasteiger partial charge in [0.05, 0.1) is 18.8 Å². The summed E-state index contributed by atoms with van der Waals surface area (Å²) < 4.78 is 13.2. The number of rotatable bonds is 0. The maximum absolute atomic E-state index is 12.3. The van der Waals surface area contributed by atoms with E-state index in [1.165, 1.54) is 0 Å². The molecule has 2 saturated heterocycles. The highest BCUT2D eigenvalue weighted by atomic mass is 16.7. The summed E-state index contributed by atoms with van der Waals surface area (Å²) in [6.07, 6.45) is 6.28. The van der Waals surface area contributed by atoms with Crippen LogP contribution >= 0.6 is 0 Å². The number of fused-ring (bicyclic) bond motifs is 7. The van der Waals surface area contributed by atoms with Gasteiger partial charge in [-0.15, -0.1) is 0 Å². The van der Waals surface area contributed by atoms with Gasteiger partial charge in [0.25, 0.3) is 0 Å². The zero-order chi connectivity index (χ0) is 22.6. The van der Waals surface area contributed by atoms with Gasteiger partial charge in [0.1, 0.15) is 6.10 Å². The van der Waals surface area contributed by atoms with E-state index in [-0.39, 0.29) is 34.7 Å². The molecule has 13 atom stereocenters. The summed E-state index contributed by atoms with van der Waals surface area (Å²) in [5, 5.41) is 22.5. The summed E-state index contributed by atoms with van der Waals surface area (Å²) >= 11 is 0. The van der Waals surface area contributed by atoms with E-state index in [1.807, 2.05) is 0 Å². The predicted molar refractivity (Wildman–Crippen MR) is 120 cm³/mol. The van der Waals surface area contributed by atoms with Crippen molar-refractivity contribution in [2.45, 2.75) is 103 Å². The SMILES string of the molecule is C[C@@H]1CC[C@@]2(OC1)O[C@H]1C[C@H]3[C@@H]4CC[C@H]5C(O)C(=O)CC[C@]5(C)[C@H]4C[C@@H](O)[C@]3(C)[C@H]1[C@@H]2C. The highest BCUT2D eigenvalue weighted by Crippen LogP contribution is 2.71. The lowest BCUT2D eigenvalue weighted by Gasteiger charge is -2.62. The summed E-state index contributed by atoms with van der Waals surface area (Å²) in [5.74, 6) is 2.22. The van der Waals surface area contributed by atoms with Gasteiger partial charge in [0, 0.05) is 30.1 Å². The highest BCUT2D eigenvalue weighted by molar-refractivity contribution is 5.84. The topological polar surface area (TPSA) is 76.0 Å². The van der Waals surface area contributed by atoms with E-state index in [9.17, 15) is 15.0 Å². The lowest BCUT2D eigenvalue weighted by atomic mass is 9.43. The first-order chi connectivity index (χ1) is 15.1. The first kappa shape index (κ1) is 22.0. The van der Waals surface area contributed by atoms with Crippen LogP contribution in [0, 0.1) is 52.3 Å². The van der Waals surface area contributed by atoms with Gasteiger partial charge in [-0.25, -0.2) is 0 Å². The number of hydrogen-bond acceptors (Lipinski definition) is 5. The van der Waals surface area contributed by atoms with Crippen LogP contribution in [0.3, 0.4) is 0 Å². The van der Waals surface area contributed by atoms with Crippen molar-refractivity contribution in [1.82, 2.24) is 0 Å². The van der Waals surface area contributed by atoms with E-state index < -0.39 is 11.9 Å². The van der Waals surface area contributed by atoms with E-state index >= 15 is 0 Å². The van der Waals surface area contributed by atoms with Crippen LogP contribution in [0.5, 0.6) is 0 Å². The maximum Gasteiger partial charge on any atom is 0.171 e. The Balaban J connectivity index is 1.30. The fourth-order valence-electron chi connectivity index (χ4n) is 10.1. The monoisotopic (exact) mass is 446 g/mol. The molecule has 32 heavy (non-hydrogen) atoms. The van der Waals surface area contributed by atoms with Crippen molar-refractivity contribution in [2.75, 3.05) is 6.61 Å². The quantitative estimate of drug-likeness (QED) is 0.589. The van der Waals surface area contributed by atoms with Gasteiger partial charge in [0.15, 0.2) is 11.6 Å². The molecule has 5 nitrogen and oxygen atoms in total. The Bertz CT molecular complexity index is 789. The van der Waals surface area contributed by atoms with Gasteiger partial charge in [-0.1, -0.05) is 27.7 Å². The summed E-state index contributed by atoms with van der Waals surface area (Å²) in [7, 11) is 0. The number of ketones is 1. The Labute approximate surface area is 192 Å². The van der Waals surface area contributed by atoms with Crippen molar-refractivity contribution in [2.24, 2.45) is 52.3 Å². The molecular formula is C27H42O5. The molecular weight excluding hydrogens is 404 g/mol. The highest BCUT2D eigenvalue weighted by Gasteiger charge is 2.71. The van der Waals surface area contributed by atoms with Crippen LogP contribution in [-0.4, -0.2) is 46.7 Å². The molecule has 0 bridgehead atoms. The molecule has 5 heteroatoms. The van der Waals surface area contributed by atoms with Gasteiger partial charge in [-0.2, -0.15) is 0 Å². The van der Waals surface area contributed by atoms with Crippen molar-refractivity contribution in [3.05, 3.63) is 0 Å². The third kappa shape index (κ3) is 2.63. The summed E-state index contributed by atoms with van der Waals surface area (Å²) in [4.78, 5) is 12.3. The zero-order valence-corrected chi connectivity index (χ0v) is 20.3. The minimum atomic E-state index is -0.808. The lowest BCUT2D eigenvalue weighted by molar-refractivity contribution is -0.274. The second-order valence-corrected chi connectivity index (χ2v) is 13.1. The number of Topliss-reactive ketones (excluding diaryl/α,β-unsaturated/α-hetero) is 1. The summed E-state index contributed by atoms with van der Waals surface area (Å²) in [6.45, 7) is 10.00. The number of ether oxygens (including phenoxy) is 2. The standard InChI is InChI=1S/C27H42O5/c1-14-7-10-27(31-13-14)15(2)23-21(32-27)11-19-16-5-6-17-24(30)20(28)8-9-25(17,3)18(16)12-22(29)26(19,23)4/h14-19,21-24,29-30H,5-13H2,1-4H3/t14-,15+,16-,17+,18+,19+,21+,22-,23+,24?,25+,26-,27-/m1/s1. The van der Waals surface area contributed by atoms with E-state index in [1.54, 1.807) is 0 Å². The van der Waals surface area contributed by atoms with E-state index in [2.05, 4.69) is 27.7 Å². The minimum Gasteiger partial charge on any atom is -0.393 e. The number of aliphatic hydroxyl groups is 2.